The molecule has 0 fully saturated rings. The summed E-state index contributed by atoms with van der Waals surface area (Å²) < 4.78 is 42.1. The SMILES string of the molecule is Nc1ccc2c(c1)N(C(=O)C(F)(F)F)C(=O)CO2. The van der Waals surface area contributed by atoms with Crippen molar-refractivity contribution in [2.24, 2.45) is 0 Å². The number of carbonyl (C=O) groups is 2. The molecule has 1 aromatic rings. The van der Waals surface area contributed by atoms with Crippen LogP contribution in [-0.2, 0) is 9.59 Å². The van der Waals surface area contributed by atoms with E-state index in [2.05, 4.69) is 0 Å². The Morgan fingerprint density at radius 1 is 1.39 bits per heavy atom. The number of benzene rings is 1. The summed E-state index contributed by atoms with van der Waals surface area (Å²) in [5.41, 5.74) is 5.23. The second kappa shape index (κ2) is 3.90. The van der Waals surface area contributed by atoms with Crippen LogP contribution in [0.2, 0.25) is 0 Å². The van der Waals surface area contributed by atoms with Gasteiger partial charge in [-0.2, -0.15) is 13.2 Å². The fourth-order valence-corrected chi connectivity index (χ4v) is 1.52. The molecule has 96 valence electrons. The van der Waals surface area contributed by atoms with Gasteiger partial charge in [0.25, 0.3) is 5.91 Å². The second-order valence-electron chi connectivity index (χ2n) is 3.55. The Morgan fingerprint density at radius 3 is 2.67 bits per heavy atom. The van der Waals surface area contributed by atoms with Crippen LogP contribution in [0.5, 0.6) is 5.75 Å². The van der Waals surface area contributed by atoms with Crippen molar-refractivity contribution >= 4 is 23.2 Å². The Morgan fingerprint density at radius 2 is 2.06 bits per heavy atom. The van der Waals surface area contributed by atoms with E-state index in [9.17, 15) is 22.8 Å². The first-order valence-electron chi connectivity index (χ1n) is 4.77. The highest BCUT2D eigenvalue weighted by Gasteiger charge is 2.47. The number of hydrogen-bond acceptors (Lipinski definition) is 4. The van der Waals surface area contributed by atoms with Gasteiger partial charge in [0.05, 0.1) is 5.69 Å². The van der Waals surface area contributed by atoms with Gasteiger partial charge in [0.1, 0.15) is 5.75 Å². The summed E-state index contributed by atoms with van der Waals surface area (Å²) in [7, 11) is 0. The Kier molecular flexibility index (Phi) is 2.64. The molecule has 8 heteroatoms. The van der Waals surface area contributed by atoms with Crippen LogP contribution in [0.3, 0.4) is 0 Å². The van der Waals surface area contributed by atoms with Crippen molar-refractivity contribution in [3.05, 3.63) is 18.2 Å². The van der Waals surface area contributed by atoms with Crippen LogP contribution in [0, 0.1) is 0 Å². The highest BCUT2D eigenvalue weighted by molar-refractivity contribution is 6.19. The topological polar surface area (TPSA) is 72.6 Å². The minimum absolute atomic E-state index is 0.00130. The largest absolute Gasteiger partial charge is 0.482 e. The number of hydrogen-bond donors (Lipinski definition) is 1. The molecule has 0 aromatic heterocycles. The molecule has 0 spiro atoms. The fraction of sp³-hybridized carbons (Fsp3) is 0.200. The predicted molar refractivity (Wildman–Crippen MR) is 54.9 cm³/mol. The number of ether oxygens (including phenoxy) is 1. The molecule has 1 aliphatic heterocycles. The maximum absolute atomic E-state index is 12.4. The van der Waals surface area contributed by atoms with Gasteiger partial charge in [-0.05, 0) is 18.2 Å². The van der Waals surface area contributed by atoms with E-state index in [0.29, 0.717) is 0 Å². The monoisotopic (exact) mass is 260 g/mol. The van der Waals surface area contributed by atoms with Crippen LogP contribution < -0.4 is 15.4 Å². The molecule has 0 unspecified atom stereocenters. The molecule has 18 heavy (non-hydrogen) atoms. The summed E-state index contributed by atoms with van der Waals surface area (Å²) in [6, 6.07) is 3.77. The number of anilines is 2. The van der Waals surface area contributed by atoms with E-state index >= 15 is 0 Å². The van der Waals surface area contributed by atoms with E-state index in [1.807, 2.05) is 0 Å². The summed E-state index contributed by atoms with van der Waals surface area (Å²) in [6.07, 6.45) is -5.14. The van der Waals surface area contributed by atoms with Crippen LogP contribution >= 0.6 is 0 Å². The zero-order valence-electron chi connectivity index (χ0n) is 8.82. The maximum atomic E-state index is 12.4. The van der Waals surface area contributed by atoms with Gasteiger partial charge in [0.15, 0.2) is 6.61 Å². The number of alkyl halides is 3. The first-order chi connectivity index (χ1) is 8.30. The lowest BCUT2D eigenvalue weighted by atomic mass is 10.2. The van der Waals surface area contributed by atoms with Crippen molar-refractivity contribution in [3.63, 3.8) is 0 Å². The summed E-state index contributed by atoms with van der Waals surface area (Å²) >= 11 is 0. The zero-order valence-corrected chi connectivity index (χ0v) is 8.82. The summed E-state index contributed by atoms with van der Waals surface area (Å²) in [6.45, 7) is -0.626. The molecule has 0 saturated heterocycles. The highest BCUT2D eigenvalue weighted by Crippen LogP contribution is 2.36. The minimum atomic E-state index is -5.14. The molecule has 2 N–H and O–H groups in total. The van der Waals surface area contributed by atoms with Gasteiger partial charge in [-0.1, -0.05) is 0 Å². The average Bonchev–Trinajstić information content (AvgIpc) is 2.26. The molecule has 0 aliphatic carbocycles. The number of nitrogen functional groups attached to an aromatic ring is 1. The van der Waals surface area contributed by atoms with E-state index in [1.165, 1.54) is 12.1 Å². The van der Waals surface area contributed by atoms with Crippen LogP contribution in [0.4, 0.5) is 24.5 Å². The van der Waals surface area contributed by atoms with E-state index in [4.69, 9.17) is 10.5 Å². The van der Waals surface area contributed by atoms with Crippen molar-refractivity contribution in [1.29, 1.82) is 0 Å². The molecular weight excluding hydrogens is 253 g/mol. The van der Waals surface area contributed by atoms with Gasteiger partial charge in [0, 0.05) is 5.69 Å². The smallest absolute Gasteiger partial charge is 0.472 e. The highest BCUT2D eigenvalue weighted by atomic mass is 19.4. The number of halogens is 3. The molecule has 1 heterocycles. The lowest BCUT2D eigenvalue weighted by Crippen LogP contribution is -2.49. The Hall–Kier alpha value is -2.25. The minimum Gasteiger partial charge on any atom is -0.482 e. The van der Waals surface area contributed by atoms with Gasteiger partial charge < -0.3 is 10.5 Å². The summed E-state index contributed by atoms with van der Waals surface area (Å²) in [5.74, 6) is -3.35. The van der Waals surface area contributed by atoms with Crippen LogP contribution in [-0.4, -0.2) is 24.6 Å². The van der Waals surface area contributed by atoms with Crippen LogP contribution in [0.25, 0.3) is 0 Å². The van der Waals surface area contributed by atoms with Gasteiger partial charge in [-0.3, -0.25) is 9.59 Å². The third-order valence-electron chi connectivity index (χ3n) is 2.27. The molecule has 1 aromatic carbocycles. The molecular formula is C10H7F3N2O3. The Bertz CT molecular complexity index is 528. The van der Waals surface area contributed by atoms with E-state index in [1.54, 1.807) is 0 Å². The number of rotatable bonds is 0. The standard InChI is InChI=1S/C10H7F3N2O3/c11-10(12,13)9(17)15-6-3-5(14)1-2-7(6)18-4-8(15)16/h1-3H,4,14H2. The number of amides is 2. The van der Waals surface area contributed by atoms with Crippen molar-refractivity contribution in [3.8, 4) is 5.75 Å². The number of nitrogens with zero attached hydrogens (tertiary/aromatic N) is 1. The first-order valence-corrected chi connectivity index (χ1v) is 4.77. The van der Waals surface area contributed by atoms with Crippen molar-refractivity contribution in [2.45, 2.75) is 6.18 Å². The van der Waals surface area contributed by atoms with Crippen LogP contribution in [0.15, 0.2) is 18.2 Å². The molecule has 2 amide bonds. The van der Waals surface area contributed by atoms with Crippen molar-refractivity contribution < 1.29 is 27.5 Å². The molecule has 0 atom stereocenters. The lowest BCUT2D eigenvalue weighted by molar-refractivity contribution is -0.171. The molecule has 5 nitrogen and oxygen atoms in total. The van der Waals surface area contributed by atoms with Gasteiger partial charge in [-0.25, -0.2) is 4.90 Å². The average molecular weight is 260 g/mol. The quantitative estimate of drug-likeness (QED) is 0.708. The zero-order chi connectivity index (χ0) is 13.5. The number of fused-ring (bicyclic) bond motifs is 1. The first kappa shape index (κ1) is 12.2. The number of nitrogens with two attached hydrogens (primary N) is 1. The van der Waals surface area contributed by atoms with E-state index < -0.39 is 24.6 Å². The molecule has 0 bridgehead atoms. The lowest BCUT2D eigenvalue weighted by Gasteiger charge is -2.28. The van der Waals surface area contributed by atoms with Crippen molar-refractivity contribution in [1.82, 2.24) is 0 Å². The fourth-order valence-electron chi connectivity index (χ4n) is 1.52. The predicted octanol–water partition coefficient (Wildman–Crippen LogP) is 1.08. The van der Waals surface area contributed by atoms with Gasteiger partial charge in [-0.15, -0.1) is 0 Å². The van der Waals surface area contributed by atoms with Crippen molar-refractivity contribution in [2.75, 3.05) is 17.2 Å². The maximum Gasteiger partial charge on any atom is 0.472 e. The van der Waals surface area contributed by atoms with E-state index in [0.717, 1.165) is 6.07 Å². The molecule has 0 radical (unpaired) electrons. The summed E-state index contributed by atoms with van der Waals surface area (Å²) in [5, 5.41) is 0. The molecule has 0 saturated carbocycles. The number of imide groups is 1. The van der Waals surface area contributed by atoms with E-state index in [-0.39, 0.29) is 22.0 Å². The van der Waals surface area contributed by atoms with Gasteiger partial charge >= 0.3 is 12.1 Å². The Labute approximate surface area is 98.9 Å². The molecule has 1 aliphatic rings. The summed E-state index contributed by atoms with van der Waals surface area (Å²) in [4.78, 5) is 22.6. The number of carbonyl (C=O) groups excluding carboxylic acids is 2. The third-order valence-corrected chi connectivity index (χ3v) is 2.27. The van der Waals surface area contributed by atoms with Crippen LogP contribution in [0.1, 0.15) is 0 Å². The van der Waals surface area contributed by atoms with Gasteiger partial charge in [0.2, 0.25) is 0 Å². The third kappa shape index (κ3) is 1.96. The Balaban J connectivity index is 2.51. The molecule has 2 rings (SSSR count). The normalized spacial score (nSPS) is 15.1. The second-order valence-corrected chi connectivity index (χ2v) is 3.55.